The van der Waals surface area contributed by atoms with Crippen LogP contribution in [0.15, 0.2) is 18.2 Å². The summed E-state index contributed by atoms with van der Waals surface area (Å²) < 4.78 is 0. The monoisotopic (exact) mass is 194 g/mol. The number of aliphatic carboxylic acids is 1. The maximum atomic E-state index is 10.7. The lowest BCUT2D eigenvalue weighted by atomic mass is 10.3. The van der Waals surface area contributed by atoms with Crippen molar-refractivity contribution in [3.8, 4) is 0 Å². The molecule has 0 fully saturated rings. The zero-order valence-corrected chi connectivity index (χ0v) is 7.65. The smallest absolute Gasteiger partial charge is 0.394 e. The Kier molecular flexibility index (Phi) is 3.17. The van der Waals surface area contributed by atoms with Crippen LogP contribution in [0, 0.1) is 6.92 Å². The van der Waals surface area contributed by atoms with Gasteiger partial charge in [-0.1, -0.05) is 6.07 Å². The molecule has 1 aromatic rings. The molecular weight excluding hydrogens is 184 g/mol. The Morgan fingerprint density at radius 3 is 2.79 bits per heavy atom. The minimum atomic E-state index is -1.49. The summed E-state index contributed by atoms with van der Waals surface area (Å²) in [5, 5.41) is 10.5. The van der Waals surface area contributed by atoms with Crippen molar-refractivity contribution in [2.24, 2.45) is 0 Å². The molecule has 1 amide bonds. The SMILES string of the molecule is Cc1cccc(CNC(=O)C(=O)O)n1. The molecule has 1 heterocycles. The minimum Gasteiger partial charge on any atom is -0.474 e. The molecule has 0 aromatic carbocycles. The van der Waals surface area contributed by atoms with E-state index in [1.165, 1.54) is 0 Å². The third-order valence-corrected chi connectivity index (χ3v) is 1.57. The maximum Gasteiger partial charge on any atom is 0.394 e. The van der Waals surface area contributed by atoms with Gasteiger partial charge >= 0.3 is 11.9 Å². The first-order valence-electron chi connectivity index (χ1n) is 4.03. The molecule has 0 aliphatic heterocycles. The van der Waals surface area contributed by atoms with E-state index in [0.29, 0.717) is 5.69 Å². The molecule has 0 unspecified atom stereocenters. The third-order valence-electron chi connectivity index (χ3n) is 1.57. The van der Waals surface area contributed by atoms with E-state index >= 15 is 0 Å². The number of aryl methyl sites for hydroxylation is 1. The quantitative estimate of drug-likeness (QED) is 0.654. The highest BCUT2D eigenvalue weighted by Crippen LogP contribution is 1.96. The molecule has 5 nitrogen and oxygen atoms in total. The van der Waals surface area contributed by atoms with Crippen LogP contribution in [-0.4, -0.2) is 22.0 Å². The first kappa shape index (κ1) is 10.2. The number of aromatic nitrogens is 1. The Morgan fingerprint density at radius 1 is 1.50 bits per heavy atom. The number of carboxylic acids is 1. The summed E-state index contributed by atoms with van der Waals surface area (Å²) in [6, 6.07) is 5.34. The topological polar surface area (TPSA) is 79.3 Å². The van der Waals surface area contributed by atoms with Gasteiger partial charge in [-0.2, -0.15) is 0 Å². The highest BCUT2D eigenvalue weighted by Gasteiger charge is 2.09. The van der Waals surface area contributed by atoms with Crippen molar-refractivity contribution in [2.45, 2.75) is 13.5 Å². The Hall–Kier alpha value is -1.91. The summed E-state index contributed by atoms with van der Waals surface area (Å²) in [6.07, 6.45) is 0. The van der Waals surface area contributed by atoms with E-state index in [1.54, 1.807) is 12.1 Å². The second-order valence-corrected chi connectivity index (χ2v) is 2.76. The summed E-state index contributed by atoms with van der Waals surface area (Å²) in [7, 11) is 0. The summed E-state index contributed by atoms with van der Waals surface area (Å²) in [5.41, 5.74) is 1.46. The molecule has 0 radical (unpaired) electrons. The largest absolute Gasteiger partial charge is 0.474 e. The number of carbonyl (C=O) groups excluding carboxylic acids is 1. The third kappa shape index (κ3) is 2.85. The standard InChI is InChI=1S/C9H10N2O3/c1-6-3-2-4-7(11-6)5-10-8(12)9(13)14/h2-4H,5H2,1H3,(H,10,12)(H,13,14). The summed E-state index contributed by atoms with van der Waals surface area (Å²) in [6.45, 7) is 1.95. The summed E-state index contributed by atoms with van der Waals surface area (Å²) in [4.78, 5) is 24.9. The molecule has 1 aromatic heterocycles. The Balaban J connectivity index is 2.54. The average Bonchev–Trinajstić information content (AvgIpc) is 2.14. The molecule has 14 heavy (non-hydrogen) atoms. The van der Waals surface area contributed by atoms with Gasteiger partial charge in [0.2, 0.25) is 0 Å². The van der Waals surface area contributed by atoms with E-state index in [-0.39, 0.29) is 6.54 Å². The van der Waals surface area contributed by atoms with Gasteiger partial charge in [0.05, 0.1) is 12.2 Å². The van der Waals surface area contributed by atoms with E-state index in [9.17, 15) is 9.59 Å². The normalized spacial score (nSPS) is 9.50. The van der Waals surface area contributed by atoms with Gasteiger partial charge in [0.25, 0.3) is 0 Å². The van der Waals surface area contributed by atoms with Gasteiger partial charge in [0.1, 0.15) is 0 Å². The fraction of sp³-hybridized carbons (Fsp3) is 0.222. The van der Waals surface area contributed by atoms with Gasteiger partial charge in [0.15, 0.2) is 0 Å². The fourth-order valence-corrected chi connectivity index (χ4v) is 0.944. The van der Waals surface area contributed by atoms with Crippen LogP contribution in [0.1, 0.15) is 11.4 Å². The van der Waals surface area contributed by atoms with Gasteiger partial charge in [-0.15, -0.1) is 0 Å². The van der Waals surface area contributed by atoms with Gasteiger partial charge < -0.3 is 10.4 Å². The number of carbonyl (C=O) groups is 2. The van der Waals surface area contributed by atoms with Crippen LogP contribution < -0.4 is 5.32 Å². The first-order chi connectivity index (χ1) is 6.59. The van der Waals surface area contributed by atoms with Gasteiger partial charge in [-0.3, -0.25) is 9.78 Å². The number of carboxylic acid groups (broad SMARTS) is 1. The number of nitrogens with one attached hydrogen (secondary N) is 1. The van der Waals surface area contributed by atoms with Gasteiger partial charge in [-0.25, -0.2) is 4.79 Å². The minimum absolute atomic E-state index is 0.132. The van der Waals surface area contributed by atoms with Crippen molar-refractivity contribution < 1.29 is 14.7 Å². The molecule has 0 saturated carbocycles. The Bertz CT molecular complexity index is 363. The number of hydrogen-bond acceptors (Lipinski definition) is 3. The highest BCUT2D eigenvalue weighted by atomic mass is 16.4. The van der Waals surface area contributed by atoms with Crippen LogP contribution in [0.2, 0.25) is 0 Å². The second-order valence-electron chi connectivity index (χ2n) is 2.76. The molecule has 0 saturated heterocycles. The Morgan fingerprint density at radius 2 is 2.21 bits per heavy atom. The average molecular weight is 194 g/mol. The van der Waals surface area contributed by atoms with Gasteiger partial charge in [-0.05, 0) is 19.1 Å². The summed E-state index contributed by atoms with van der Waals surface area (Å²) in [5.74, 6) is -2.51. The number of nitrogens with zero attached hydrogens (tertiary/aromatic N) is 1. The lowest BCUT2D eigenvalue weighted by Crippen LogP contribution is -2.30. The molecule has 5 heteroatoms. The van der Waals surface area contributed by atoms with Gasteiger partial charge in [0, 0.05) is 5.69 Å². The van der Waals surface area contributed by atoms with Crippen LogP contribution in [0.5, 0.6) is 0 Å². The first-order valence-corrected chi connectivity index (χ1v) is 4.03. The van der Waals surface area contributed by atoms with E-state index < -0.39 is 11.9 Å². The van der Waals surface area contributed by atoms with Crippen LogP contribution in [0.4, 0.5) is 0 Å². The Labute approximate surface area is 80.8 Å². The predicted octanol–water partition coefficient (Wildman–Crippen LogP) is 0.0908. The van der Waals surface area contributed by atoms with Crippen LogP contribution in [-0.2, 0) is 16.1 Å². The van der Waals surface area contributed by atoms with E-state index in [2.05, 4.69) is 10.3 Å². The molecular formula is C9H10N2O3. The van der Waals surface area contributed by atoms with Crippen molar-refractivity contribution in [2.75, 3.05) is 0 Å². The van der Waals surface area contributed by atoms with Crippen molar-refractivity contribution in [1.29, 1.82) is 0 Å². The number of hydrogen-bond donors (Lipinski definition) is 2. The van der Waals surface area contributed by atoms with Crippen molar-refractivity contribution in [3.63, 3.8) is 0 Å². The fourth-order valence-electron chi connectivity index (χ4n) is 0.944. The molecule has 2 N–H and O–H groups in total. The van der Waals surface area contributed by atoms with E-state index in [0.717, 1.165) is 5.69 Å². The zero-order valence-electron chi connectivity index (χ0n) is 7.65. The van der Waals surface area contributed by atoms with Crippen molar-refractivity contribution in [1.82, 2.24) is 10.3 Å². The van der Waals surface area contributed by atoms with E-state index in [4.69, 9.17) is 5.11 Å². The molecule has 0 atom stereocenters. The number of rotatable bonds is 2. The van der Waals surface area contributed by atoms with Crippen LogP contribution >= 0.6 is 0 Å². The van der Waals surface area contributed by atoms with Crippen LogP contribution in [0.3, 0.4) is 0 Å². The molecule has 0 aliphatic carbocycles. The molecule has 0 spiro atoms. The molecule has 0 bridgehead atoms. The zero-order chi connectivity index (χ0) is 10.6. The molecule has 74 valence electrons. The van der Waals surface area contributed by atoms with Crippen molar-refractivity contribution >= 4 is 11.9 Å². The lowest BCUT2D eigenvalue weighted by Gasteiger charge is -2.01. The predicted molar refractivity (Wildman–Crippen MR) is 48.5 cm³/mol. The molecule has 0 aliphatic rings. The second kappa shape index (κ2) is 4.36. The van der Waals surface area contributed by atoms with Crippen LogP contribution in [0.25, 0.3) is 0 Å². The summed E-state index contributed by atoms with van der Waals surface area (Å²) >= 11 is 0. The van der Waals surface area contributed by atoms with Crippen molar-refractivity contribution in [3.05, 3.63) is 29.6 Å². The molecule has 1 rings (SSSR count). The maximum absolute atomic E-state index is 10.7. The highest BCUT2D eigenvalue weighted by molar-refractivity contribution is 6.31. The lowest BCUT2D eigenvalue weighted by molar-refractivity contribution is -0.150. The number of amides is 1. The van der Waals surface area contributed by atoms with E-state index in [1.807, 2.05) is 13.0 Å². The number of pyridine rings is 1.